The van der Waals surface area contributed by atoms with Crippen molar-refractivity contribution in [3.05, 3.63) is 58.5 Å². The number of pyridine rings is 1. The van der Waals surface area contributed by atoms with E-state index in [9.17, 15) is 9.59 Å². The number of carbonyl (C=O) groups excluding carboxylic acids is 2. The van der Waals surface area contributed by atoms with Gasteiger partial charge < -0.3 is 29.7 Å². The van der Waals surface area contributed by atoms with Gasteiger partial charge in [-0.1, -0.05) is 12.1 Å². The largest absolute Gasteiger partial charge is 0.379 e. The Morgan fingerprint density at radius 3 is 2.62 bits per heavy atom. The maximum absolute atomic E-state index is 12.8. The number of benzene rings is 1. The molecule has 10 nitrogen and oxygen atoms in total. The molecule has 2 fully saturated rings. The van der Waals surface area contributed by atoms with Crippen molar-refractivity contribution in [2.24, 2.45) is 0 Å². The second-order valence-electron chi connectivity index (χ2n) is 10.4. The third-order valence-corrected chi connectivity index (χ3v) is 7.99. The first-order valence-corrected chi connectivity index (χ1v) is 14.0. The highest BCUT2D eigenvalue weighted by Gasteiger charge is 2.44. The predicted molar refractivity (Wildman–Crippen MR) is 147 cm³/mol. The summed E-state index contributed by atoms with van der Waals surface area (Å²) in [6, 6.07) is 11.4. The van der Waals surface area contributed by atoms with Crippen LogP contribution >= 0.6 is 11.3 Å². The van der Waals surface area contributed by atoms with Gasteiger partial charge in [-0.15, -0.1) is 11.3 Å². The summed E-state index contributed by atoms with van der Waals surface area (Å²) in [6.45, 7) is 7.82. The highest BCUT2D eigenvalue weighted by Crippen LogP contribution is 2.39. The predicted octanol–water partition coefficient (Wildman–Crippen LogP) is 2.99. The number of fused-ring (bicyclic) bond motifs is 2. The van der Waals surface area contributed by atoms with Crippen molar-refractivity contribution in [2.45, 2.75) is 38.1 Å². The minimum absolute atomic E-state index is 0.136. The van der Waals surface area contributed by atoms with Crippen LogP contribution in [0.3, 0.4) is 0 Å². The van der Waals surface area contributed by atoms with E-state index in [0.717, 1.165) is 35.7 Å². The zero-order valence-electron chi connectivity index (χ0n) is 21.9. The topological polar surface area (TPSA) is 115 Å². The second kappa shape index (κ2) is 10.6. The summed E-state index contributed by atoms with van der Waals surface area (Å²) in [6.07, 6.45) is 0.272. The van der Waals surface area contributed by atoms with Crippen LogP contribution in [-0.4, -0.2) is 73.4 Å². The Morgan fingerprint density at radius 1 is 1.05 bits per heavy atom. The molecule has 0 bridgehead atoms. The summed E-state index contributed by atoms with van der Waals surface area (Å²) in [5, 5.41) is 7.80. The fourth-order valence-electron chi connectivity index (χ4n) is 5.34. The summed E-state index contributed by atoms with van der Waals surface area (Å²) in [7, 11) is 0. The van der Waals surface area contributed by atoms with Crippen LogP contribution in [0.25, 0.3) is 11.4 Å². The maximum Gasteiger partial charge on any atom is 0.251 e. The van der Waals surface area contributed by atoms with Gasteiger partial charge in [-0.05, 0) is 49.2 Å². The number of nitrogens with one attached hydrogen (secondary N) is 2. The molecule has 0 saturated carbocycles. The summed E-state index contributed by atoms with van der Waals surface area (Å²) >= 11 is 1.32. The molecule has 3 aromatic rings. The molecule has 2 atom stereocenters. The lowest BCUT2D eigenvalue weighted by Crippen LogP contribution is -2.52. The van der Waals surface area contributed by atoms with Gasteiger partial charge in [-0.3, -0.25) is 9.59 Å². The van der Waals surface area contributed by atoms with Crippen molar-refractivity contribution in [1.29, 1.82) is 0 Å². The number of ether oxygens (including phenoxy) is 3. The number of anilines is 2. The second-order valence-corrected chi connectivity index (χ2v) is 11.3. The molecular weight excluding hydrogens is 518 g/mol. The monoisotopic (exact) mass is 549 g/mol. The van der Waals surface area contributed by atoms with Gasteiger partial charge in [0.2, 0.25) is 5.91 Å². The first-order chi connectivity index (χ1) is 18.9. The Hall–Kier alpha value is -3.38. The van der Waals surface area contributed by atoms with Crippen molar-refractivity contribution in [3.8, 4) is 11.4 Å². The Labute approximate surface area is 230 Å². The number of rotatable bonds is 6. The van der Waals surface area contributed by atoms with Gasteiger partial charge in [-0.2, -0.15) is 0 Å². The van der Waals surface area contributed by atoms with Crippen LogP contribution in [0.4, 0.5) is 10.9 Å². The molecule has 3 aliphatic rings. The van der Waals surface area contributed by atoms with Crippen molar-refractivity contribution in [3.63, 3.8) is 0 Å². The number of hydrogen-bond acceptors (Lipinski definition) is 9. The highest BCUT2D eigenvalue weighted by atomic mass is 32.1. The summed E-state index contributed by atoms with van der Waals surface area (Å²) in [5.74, 6) is 0.223. The third kappa shape index (κ3) is 5.40. The van der Waals surface area contributed by atoms with Gasteiger partial charge >= 0.3 is 0 Å². The van der Waals surface area contributed by atoms with Crippen LogP contribution in [0.5, 0.6) is 0 Å². The van der Waals surface area contributed by atoms with Gasteiger partial charge in [0.05, 0.1) is 56.3 Å². The molecule has 2 N–H and O–H groups in total. The average Bonchev–Trinajstić information content (AvgIpc) is 3.38. The molecule has 0 aliphatic carbocycles. The zero-order chi connectivity index (χ0) is 27.0. The average molecular weight is 550 g/mol. The van der Waals surface area contributed by atoms with E-state index in [4.69, 9.17) is 19.2 Å². The molecule has 0 unspecified atom stereocenters. The number of morpholine rings is 1. The summed E-state index contributed by atoms with van der Waals surface area (Å²) in [4.78, 5) is 37.0. The highest BCUT2D eigenvalue weighted by molar-refractivity contribution is 7.14. The summed E-state index contributed by atoms with van der Waals surface area (Å²) in [5.41, 5.74) is 3.94. The number of aromatic nitrogens is 2. The zero-order valence-corrected chi connectivity index (χ0v) is 22.8. The molecule has 2 aromatic heterocycles. The van der Waals surface area contributed by atoms with E-state index in [2.05, 4.69) is 34.4 Å². The minimum Gasteiger partial charge on any atom is -0.379 e. The Kier molecular flexibility index (Phi) is 7.06. The van der Waals surface area contributed by atoms with Gasteiger partial charge in [0.25, 0.3) is 5.91 Å². The van der Waals surface area contributed by atoms with Crippen LogP contribution in [-0.2, 0) is 31.0 Å². The van der Waals surface area contributed by atoms with Gasteiger partial charge in [0, 0.05) is 24.0 Å². The van der Waals surface area contributed by atoms with Crippen molar-refractivity contribution < 1.29 is 23.8 Å². The molecule has 1 spiro atoms. The van der Waals surface area contributed by atoms with Crippen LogP contribution in [0.2, 0.25) is 0 Å². The molecule has 11 heteroatoms. The summed E-state index contributed by atoms with van der Waals surface area (Å²) < 4.78 is 17.0. The smallest absolute Gasteiger partial charge is 0.251 e. The van der Waals surface area contributed by atoms with E-state index in [-0.39, 0.29) is 36.0 Å². The van der Waals surface area contributed by atoms with E-state index in [1.807, 2.05) is 35.7 Å². The molecule has 6 rings (SSSR count). The van der Waals surface area contributed by atoms with E-state index >= 15 is 0 Å². The lowest BCUT2D eigenvalue weighted by atomic mass is 9.75. The Morgan fingerprint density at radius 2 is 1.85 bits per heavy atom. The molecule has 39 heavy (non-hydrogen) atoms. The molecule has 1 aromatic carbocycles. The fourth-order valence-corrected chi connectivity index (χ4v) is 6.06. The lowest BCUT2D eigenvalue weighted by Gasteiger charge is -2.45. The number of thiazole rings is 1. The van der Waals surface area contributed by atoms with Crippen LogP contribution in [0.1, 0.15) is 35.3 Å². The standard InChI is InChI=1S/C28H31N5O5S/c1-17-10-33(11-18(2)38-17)24-5-3-4-22(30-24)23-13-39-27(31-23)32-25(34)9-29-26(35)19-6-7-20-12-36-14-28(15-37-16-28)21(20)8-19/h3-8,13,17-18H,9-12,14-16H2,1-2H3,(H,29,35)(H,31,32,34)/t17-,18+. The van der Waals surface area contributed by atoms with Crippen LogP contribution < -0.4 is 15.5 Å². The van der Waals surface area contributed by atoms with Crippen LogP contribution in [0, 0.1) is 0 Å². The molecule has 2 amide bonds. The third-order valence-electron chi connectivity index (χ3n) is 7.24. The number of nitrogens with zero attached hydrogens (tertiary/aromatic N) is 3. The first-order valence-electron chi connectivity index (χ1n) is 13.1. The number of amides is 2. The molecular formula is C28H31N5O5S. The van der Waals surface area contributed by atoms with Gasteiger partial charge in [0.1, 0.15) is 11.5 Å². The van der Waals surface area contributed by atoms with E-state index < -0.39 is 0 Å². The Balaban J connectivity index is 1.06. The molecule has 5 heterocycles. The normalized spacial score (nSPS) is 21.6. The first kappa shape index (κ1) is 25.9. The van der Waals surface area contributed by atoms with Gasteiger partial charge in [-0.25, -0.2) is 9.97 Å². The number of carbonyl (C=O) groups is 2. The fraction of sp³-hybridized carbons (Fsp3) is 0.429. The minimum atomic E-state index is -0.350. The van der Waals surface area contributed by atoms with Crippen molar-refractivity contribution in [1.82, 2.24) is 15.3 Å². The van der Waals surface area contributed by atoms with E-state index in [1.54, 1.807) is 6.07 Å². The molecule has 0 radical (unpaired) electrons. The van der Waals surface area contributed by atoms with E-state index in [1.165, 1.54) is 11.3 Å². The molecule has 204 valence electrons. The van der Waals surface area contributed by atoms with Crippen molar-refractivity contribution in [2.75, 3.05) is 49.7 Å². The quantitative estimate of drug-likeness (QED) is 0.482. The number of hydrogen-bond donors (Lipinski definition) is 2. The SMILES string of the molecule is C[C@@H]1CN(c2cccc(-c3csc(NC(=O)CNC(=O)c4ccc5c(c4)C4(COC5)COC4)n3)n2)C[C@H](C)O1. The molecule has 3 aliphatic heterocycles. The lowest BCUT2D eigenvalue weighted by molar-refractivity contribution is -0.115. The van der Waals surface area contributed by atoms with Crippen molar-refractivity contribution >= 4 is 34.1 Å². The Bertz CT molecular complexity index is 1380. The maximum atomic E-state index is 12.8. The van der Waals surface area contributed by atoms with Gasteiger partial charge in [0.15, 0.2) is 5.13 Å². The van der Waals surface area contributed by atoms with E-state index in [0.29, 0.717) is 42.8 Å². The van der Waals surface area contributed by atoms with Crippen LogP contribution in [0.15, 0.2) is 41.8 Å². The molecule has 2 saturated heterocycles.